The first-order valence-electron chi connectivity index (χ1n) is 8.06. The Morgan fingerprint density at radius 1 is 1.35 bits per heavy atom. The summed E-state index contributed by atoms with van der Waals surface area (Å²) in [7, 11) is -3.46. The summed E-state index contributed by atoms with van der Waals surface area (Å²) in [5.74, 6) is 1.27. The van der Waals surface area contributed by atoms with Gasteiger partial charge in [-0.05, 0) is 45.6 Å². The highest BCUT2D eigenvalue weighted by Gasteiger charge is 2.38. The molecular weight excluding hydrogens is 314 g/mol. The summed E-state index contributed by atoms with van der Waals surface area (Å²) in [6.45, 7) is 10.8. The third-order valence-corrected chi connectivity index (χ3v) is 7.09. The fourth-order valence-electron chi connectivity index (χ4n) is 3.16. The second-order valence-corrected chi connectivity index (χ2v) is 10.4. The molecule has 2 rings (SSSR count). The summed E-state index contributed by atoms with van der Waals surface area (Å²) in [5.41, 5.74) is 0.972. The maximum absolute atomic E-state index is 12.5. The van der Waals surface area contributed by atoms with Crippen LogP contribution in [0.15, 0.2) is 10.5 Å². The average Bonchev–Trinajstić information content (AvgIpc) is 2.76. The van der Waals surface area contributed by atoms with E-state index in [2.05, 4.69) is 19.2 Å². The van der Waals surface area contributed by atoms with Crippen molar-refractivity contribution in [3.63, 3.8) is 0 Å². The zero-order valence-electron chi connectivity index (χ0n) is 14.8. The van der Waals surface area contributed by atoms with Gasteiger partial charge in [0.2, 0.25) is 5.91 Å². The Kier molecular flexibility index (Phi) is 4.68. The van der Waals surface area contributed by atoms with Crippen LogP contribution in [0.2, 0.25) is 0 Å². The van der Waals surface area contributed by atoms with E-state index in [1.165, 1.54) is 6.92 Å². The fraction of sp³-hybridized carbons (Fsp3) is 0.706. The SMILES string of the molecule is Cc1cc2c(o1)CC(C)(C)C[C@H]2NC(=O)[C@@H](C)S(=O)(=O)C(C)C. The monoisotopic (exact) mass is 341 g/mol. The molecule has 1 aliphatic carbocycles. The number of fused-ring (bicyclic) bond motifs is 1. The van der Waals surface area contributed by atoms with Crippen LogP contribution < -0.4 is 5.32 Å². The molecule has 0 unspecified atom stereocenters. The molecule has 0 radical (unpaired) electrons. The molecule has 1 aromatic rings. The van der Waals surface area contributed by atoms with Gasteiger partial charge >= 0.3 is 0 Å². The lowest BCUT2D eigenvalue weighted by atomic mass is 9.74. The Hall–Kier alpha value is -1.30. The molecule has 0 saturated carbocycles. The zero-order valence-corrected chi connectivity index (χ0v) is 15.6. The molecule has 0 bridgehead atoms. The van der Waals surface area contributed by atoms with Gasteiger partial charge in [0, 0.05) is 12.0 Å². The van der Waals surface area contributed by atoms with Gasteiger partial charge in [-0.15, -0.1) is 0 Å². The maximum atomic E-state index is 12.5. The fourth-order valence-corrected chi connectivity index (χ4v) is 4.34. The van der Waals surface area contributed by atoms with E-state index in [1.807, 2.05) is 13.0 Å². The molecule has 5 nitrogen and oxygen atoms in total. The van der Waals surface area contributed by atoms with Crippen LogP contribution in [0.5, 0.6) is 0 Å². The van der Waals surface area contributed by atoms with E-state index in [1.54, 1.807) is 13.8 Å². The Morgan fingerprint density at radius 3 is 2.52 bits per heavy atom. The Morgan fingerprint density at radius 2 is 1.96 bits per heavy atom. The van der Waals surface area contributed by atoms with E-state index < -0.39 is 26.2 Å². The second kappa shape index (κ2) is 5.96. The summed E-state index contributed by atoms with van der Waals surface area (Å²) in [4.78, 5) is 12.5. The number of carbonyl (C=O) groups is 1. The molecule has 1 aliphatic rings. The molecule has 1 N–H and O–H groups in total. The minimum Gasteiger partial charge on any atom is -0.466 e. The number of sulfone groups is 1. The lowest BCUT2D eigenvalue weighted by Gasteiger charge is -2.35. The zero-order chi connectivity index (χ0) is 17.6. The third-order valence-electron chi connectivity index (χ3n) is 4.57. The number of aryl methyl sites for hydroxylation is 1. The van der Waals surface area contributed by atoms with E-state index in [0.717, 1.165) is 29.9 Å². The molecule has 0 spiro atoms. The van der Waals surface area contributed by atoms with Gasteiger partial charge in [-0.3, -0.25) is 4.79 Å². The largest absolute Gasteiger partial charge is 0.466 e. The van der Waals surface area contributed by atoms with Gasteiger partial charge in [0.15, 0.2) is 9.84 Å². The predicted molar refractivity (Wildman–Crippen MR) is 89.9 cm³/mol. The van der Waals surface area contributed by atoms with E-state index in [0.29, 0.717) is 0 Å². The summed E-state index contributed by atoms with van der Waals surface area (Å²) in [6, 6.07) is 1.74. The van der Waals surface area contributed by atoms with Crippen LogP contribution in [0.3, 0.4) is 0 Å². The minimum absolute atomic E-state index is 0.00456. The van der Waals surface area contributed by atoms with Crippen molar-refractivity contribution in [3.8, 4) is 0 Å². The van der Waals surface area contributed by atoms with Gasteiger partial charge in [0.25, 0.3) is 0 Å². The number of hydrogen-bond acceptors (Lipinski definition) is 4. The summed E-state index contributed by atoms with van der Waals surface area (Å²) < 4.78 is 30.2. The highest BCUT2D eigenvalue weighted by molar-refractivity contribution is 7.93. The Bertz CT molecular complexity index is 700. The lowest BCUT2D eigenvalue weighted by molar-refractivity contribution is -0.121. The first-order valence-corrected chi connectivity index (χ1v) is 9.67. The molecule has 0 aliphatic heterocycles. The van der Waals surface area contributed by atoms with E-state index in [4.69, 9.17) is 4.42 Å². The molecule has 0 fully saturated rings. The van der Waals surface area contributed by atoms with Gasteiger partial charge in [-0.25, -0.2) is 8.42 Å². The van der Waals surface area contributed by atoms with Crippen molar-refractivity contribution in [2.45, 2.75) is 70.9 Å². The molecule has 0 saturated heterocycles. The number of hydrogen-bond donors (Lipinski definition) is 1. The van der Waals surface area contributed by atoms with Gasteiger partial charge < -0.3 is 9.73 Å². The van der Waals surface area contributed by atoms with Crippen LogP contribution >= 0.6 is 0 Å². The van der Waals surface area contributed by atoms with E-state index in [9.17, 15) is 13.2 Å². The maximum Gasteiger partial charge on any atom is 0.238 e. The van der Waals surface area contributed by atoms with Crippen molar-refractivity contribution in [2.75, 3.05) is 0 Å². The molecule has 1 amide bonds. The van der Waals surface area contributed by atoms with Gasteiger partial charge in [0.05, 0.1) is 11.3 Å². The molecule has 130 valence electrons. The molecule has 0 aromatic carbocycles. The van der Waals surface area contributed by atoms with Crippen LogP contribution in [0.25, 0.3) is 0 Å². The quantitative estimate of drug-likeness (QED) is 0.913. The van der Waals surface area contributed by atoms with E-state index in [-0.39, 0.29) is 11.5 Å². The van der Waals surface area contributed by atoms with Crippen LogP contribution in [0.1, 0.15) is 64.2 Å². The van der Waals surface area contributed by atoms with Crippen molar-refractivity contribution in [2.24, 2.45) is 5.41 Å². The van der Waals surface area contributed by atoms with Crippen LogP contribution in [0, 0.1) is 12.3 Å². The topological polar surface area (TPSA) is 76.4 Å². The molecule has 23 heavy (non-hydrogen) atoms. The minimum atomic E-state index is -3.46. The molecule has 2 atom stereocenters. The normalized spacial score (nSPS) is 21.8. The van der Waals surface area contributed by atoms with Crippen LogP contribution in [-0.2, 0) is 21.1 Å². The van der Waals surface area contributed by atoms with Crippen LogP contribution in [-0.4, -0.2) is 24.8 Å². The first-order chi connectivity index (χ1) is 10.4. The van der Waals surface area contributed by atoms with Gasteiger partial charge in [0.1, 0.15) is 16.8 Å². The Balaban J connectivity index is 2.24. The first kappa shape index (κ1) is 18.0. The Labute approximate surface area is 138 Å². The van der Waals surface area contributed by atoms with Crippen molar-refractivity contribution in [3.05, 3.63) is 23.2 Å². The second-order valence-electron chi connectivity index (χ2n) is 7.62. The smallest absolute Gasteiger partial charge is 0.238 e. The lowest BCUT2D eigenvalue weighted by Crippen LogP contribution is -2.44. The third kappa shape index (κ3) is 3.62. The van der Waals surface area contributed by atoms with Gasteiger partial charge in [-0.1, -0.05) is 13.8 Å². The highest BCUT2D eigenvalue weighted by Crippen LogP contribution is 2.42. The molecular formula is C17H27NO4S. The summed E-state index contributed by atoms with van der Waals surface area (Å²) >= 11 is 0. The summed E-state index contributed by atoms with van der Waals surface area (Å²) in [5, 5.41) is 1.30. The summed E-state index contributed by atoms with van der Waals surface area (Å²) in [6.07, 6.45) is 1.58. The number of carbonyl (C=O) groups excluding carboxylic acids is 1. The number of rotatable bonds is 4. The van der Waals surface area contributed by atoms with Crippen molar-refractivity contribution < 1.29 is 17.6 Å². The van der Waals surface area contributed by atoms with E-state index >= 15 is 0 Å². The number of furan rings is 1. The van der Waals surface area contributed by atoms with Crippen molar-refractivity contribution in [1.82, 2.24) is 5.32 Å². The predicted octanol–water partition coefficient (Wildman–Crippen LogP) is 2.93. The molecule has 1 aromatic heterocycles. The number of nitrogens with one attached hydrogen (secondary N) is 1. The van der Waals surface area contributed by atoms with Crippen molar-refractivity contribution >= 4 is 15.7 Å². The molecule has 1 heterocycles. The standard InChI is InChI=1S/C17H27NO4S/c1-10(2)23(20,21)12(4)16(19)18-14-8-17(5,6)9-15-13(14)7-11(3)22-15/h7,10,12,14H,8-9H2,1-6H3,(H,18,19)/t12-,14-/m1/s1. The average molecular weight is 341 g/mol. The molecule has 6 heteroatoms. The van der Waals surface area contributed by atoms with Crippen LogP contribution in [0.4, 0.5) is 0 Å². The number of amides is 1. The van der Waals surface area contributed by atoms with Crippen molar-refractivity contribution in [1.29, 1.82) is 0 Å². The van der Waals surface area contributed by atoms with Gasteiger partial charge in [-0.2, -0.15) is 0 Å². The highest BCUT2D eigenvalue weighted by atomic mass is 32.2.